The monoisotopic (exact) mass is 411 g/mol. The van der Waals surface area contributed by atoms with Crippen molar-refractivity contribution in [1.29, 1.82) is 0 Å². The van der Waals surface area contributed by atoms with Crippen molar-refractivity contribution in [2.24, 2.45) is 0 Å². The van der Waals surface area contributed by atoms with E-state index in [1.54, 1.807) is 0 Å². The van der Waals surface area contributed by atoms with Crippen LogP contribution in [0.2, 0.25) is 0 Å². The van der Waals surface area contributed by atoms with Gasteiger partial charge in [-0.25, -0.2) is 0 Å². The second-order valence-corrected chi connectivity index (χ2v) is 7.86. The van der Waals surface area contributed by atoms with Crippen LogP contribution < -0.4 is 5.32 Å². The summed E-state index contributed by atoms with van der Waals surface area (Å²) in [6, 6.07) is 38.1. The molecule has 1 N–H and O–H groups in total. The van der Waals surface area contributed by atoms with Crippen LogP contribution in [0.15, 0.2) is 122 Å². The molecule has 0 aliphatic heterocycles. The Hall–Kier alpha value is -4.37. The Morgan fingerprint density at radius 3 is 2.00 bits per heavy atom. The van der Waals surface area contributed by atoms with Crippen molar-refractivity contribution in [3.05, 3.63) is 122 Å². The van der Waals surface area contributed by atoms with Crippen LogP contribution in [-0.4, -0.2) is 9.55 Å². The van der Waals surface area contributed by atoms with Crippen LogP contribution in [0.4, 0.5) is 11.4 Å². The topological polar surface area (TPSA) is 29.9 Å². The van der Waals surface area contributed by atoms with Crippen LogP contribution in [0.3, 0.4) is 0 Å². The Balaban J connectivity index is 1.43. The highest BCUT2D eigenvalue weighted by Crippen LogP contribution is 2.34. The van der Waals surface area contributed by atoms with E-state index in [0.717, 1.165) is 22.4 Å². The number of hydrogen-bond donors (Lipinski definition) is 1. The predicted octanol–water partition coefficient (Wildman–Crippen LogP) is 7.59. The Morgan fingerprint density at radius 2 is 1.22 bits per heavy atom. The van der Waals surface area contributed by atoms with Crippen molar-refractivity contribution < 1.29 is 0 Å². The number of aromatic nitrogens is 2. The third-order valence-electron chi connectivity index (χ3n) is 5.86. The number of fused-ring (bicyclic) bond motifs is 3. The maximum atomic E-state index is 4.40. The molecule has 152 valence electrons. The van der Waals surface area contributed by atoms with Gasteiger partial charge in [-0.1, -0.05) is 54.6 Å². The average Bonchev–Trinajstić information content (AvgIpc) is 3.19. The van der Waals surface area contributed by atoms with Gasteiger partial charge in [-0.15, -0.1) is 0 Å². The molecule has 0 radical (unpaired) electrons. The van der Waals surface area contributed by atoms with Gasteiger partial charge >= 0.3 is 0 Å². The maximum absolute atomic E-state index is 4.40. The second-order valence-electron chi connectivity index (χ2n) is 7.86. The lowest BCUT2D eigenvalue weighted by Gasteiger charge is -2.09. The highest BCUT2D eigenvalue weighted by atomic mass is 15.0. The fourth-order valence-electron chi connectivity index (χ4n) is 4.34. The van der Waals surface area contributed by atoms with Crippen molar-refractivity contribution in [3.8, 4) is 16.8 Å². The molecule has 0 unspecified atom stereocenters. The van der Waals surface area contributed by atoms with Crippen molar-refractivity contribution in [3.63, 3.8) is 0 Å². The fourth-order valence-corrected chi connectivity index (χ4v) is 4.34. The molecule has 0 aliphatic carbocycles. The van der Waals surface area contributed by atoms with E-state index in [-0.39, 0.29) is 0 Å². The van der Waals surface area contributed by atoms with Crippen LogP contribution in [0.25, 0.3) is 38.6 Å². The van der Waals surface area contributed by atoms with E-state index in [4.69, 9.17) is 0 Å². The van der Waals surface area contributed by atoms with E-state index >= 15 is 0 Å². The Bertz CT molecular complexity index is 1520. The SMILES string of the molecule is c1ccc(Nc2ccc(-c3ccc4c(c3)c3cnccc3n4-c3ccccc3)cc2)cc1. The van der Waals surface area contributed by atoms with Gasteiger partial charge < -0.3 is 9.88 Å². The highest BCUT2D eigenvalue weighted by Gasteiger charge is 2.13. The van der Waals surface area contributed by atoms with Gasteiger partial charge in [0, 0.05) is 40.2 Å². The molecular weight excluding hydrogens is 390 g/mol. The van der Waals surface area contributed by atoms with Crippen LogP contribution in [-0.2, 0) is 0 Å². The van der Waals surface area contributed by atoms with Crippen molar-refractivity contribution in [2.45, 2.75) is 0 Å². The predicted molar refractivity (Wildman–Crippen MR) is 134 cm³/mol. The normalized spacial score (nSPS) is 11.1. The van der Waals surface area contributed by atoms with Gasteiger partial charge in [-0.05, 0) is 65.7 Å². The molecule has 32 heavy (non-hydrogen) atoms. The first-order valence-electron chi connectivity index (χ1n) is 10.7. The first-order valence-corrected chi connectivity index (χ1v) is 10.7. The molecule has 0 saturated heterocycles. The summed E-state index contributed by atoms with van der Waals surface area (Å²) in [7, 11) is 0. The number of benzene rings is 4. The molecule has 0 aliphatic rings. The number of anilines is 2. The van der Waals surface area contributed by atoms with Gasteiger partial charge in [0.25, 0.3) is 0 Å². The first-order chi connectivity index (χ1) is 15.9. The zero-order chi connectivity index (χ0) is 21.3. The standard InChI is InChI=1S/C29H21N3/c1-3-7-23(8-4-1)31-24-14-11-21(12-15-24)22-13-16-28-26(19-22)27-20-30-18-17-29(27)32(28)25-9-5-2-6-10-25/h1-20,31H. The molecule has 6 aromatic rings. The first kappa shape index (κ1) is 18.4. The quantitative estimate of drug-likeness (QED) is 0.324. The molecule has 0 fully saturated rings. The molecule has 6 rings (SSSR count). The van der Waals surface area contributed by atoms with Gasteiger partial charge in [0.15, 0.2) is 0 Å². The minimum absolute atomic E-state index is 1.07. The van der Waals surface area contributed by atoms with E-state index < -0.39 is 0 Å². The van der Waals surface area contributed by atoms with Crippen molar-refractivity contribution >= 4 is 33.2 Å². The molecule has 0 bridgehead atoms. The minimum Gasteiger partial charge on any atom is -0.356 e. The van der Waals surface area contributed by atoms with Gasteiger partial charge in [0.1, 0.15) is 0 Å². The smallest absolute Gasteiger partial charge is 0.0571 e. The van der Waals surface area contributed by atoms with Gasteiger partial charge in [0.05, 0.1) is 11.0 Å². The van der Waals surface area contributed by atoms with Gasteiger partial charge in [0.2, 0.25) is 0 Å². The lowest BCUT2D eigenvalue weighted by molar-refractivity contribution is 1.17. The number of para-hydroxylation sites is 2. The summed E-state index contributed by atoms with van der Waals surface area (Å²) in [6.07, 6.45) is 3.83. The number of nitrogens with one attached hydrogen (secondary N) is 1. The summed E-state index contributed by atoms with van der Waals surface area (Å²) in [5.74, 6) is 0. The Morgan fingerprint density at radius 1 is 0.562 bits per heavy atom. The Kier molecular flexibility index (Phi) is 4.43. The van der Waals surface area contributed by atoms with E-state index in [1.165, 1.54) is 27.5 Å². The van der Waals surface area contributed by atoms with Gasteiger partial charge in [-0.3, -0.25) is 4.98 Å². The van der Waals surface area contributed by atoms with E-state index in [1.807, 2.05) is 36.7 Å². The lowest BCUT2D eigenvalue weighted by Crippen LogP contribution is -1.93. The van der Waals surface area contributed by atoms with E-state index in [9.17, 15) is 0 Å². The number of nitrogens with zero attached hydrogens (tertiary/aromatic N) is 2. The van der Waals surface area contributed by atoms with Crippen LogP contribution in [0.1, 0.15) is 0 Å². The highest BCUT2D eigenvalue weighted by molar-refractivity contribution is 6.10. The molecule has 3 heteroatoms. The summed E-state index contributed by atoms with van der Waals surface area (Å²) in [4.78, 5) is 4.40. The molecule has 2 heterocycles. The molecule has 0 atom stereocenters. The van der Waals surface area contributed by atoms with E-state index in [0.29, 0.717) is 0 Å². The van der Waals surface area contributed by atoms with Crippen LogP contribution in [0.5, 0.6) is 0 Å². The summed E-state index contributed by atoms with van der Waals surface area (Å²) < 4.78 is 2.31. The molecule has 2 aromatic heterocycles. The third-order valence-corrected chi connectivity index (χ3v) is 5.86. The van der Waals surface area contributed by atoms with Crippen LogP contribution >= 0.6 is 0 Å². The molecule has 3 nitrogen and oxygen atoms in total. The summed E-state index contributed by atoms with van der Waals surface area (Å²) >= 11 is 0. The molecule has 0 spiro atoms. The van der Waals surface area contributed by atoms with Crippen LogP contribution in [0, 0.1) is 0 Å². The molecule has 0 amide bonds. The average molecular weight is 412 g/mol. The van der Waals surface area contributed by atoms with E-state index in [2.05, 4.69) is 99.8 Å². The summed E-state index contributed by atoms with van der Waals surface area (Å²) in [5, 5.41) is 5.82. The largest absolute Gasteiger partial charge is 0.356 e. The molecule has 4 aromatic carbocycles. The zero-order valence-corrected chi connectivity index (χ0v) is 17.4. The number of hydrogen-bond acceptors (Lipinski definition) is 2. The van der Waals surface area contributed by atoms with Crippen molar-refractivity contribution in [2.75, 3.05) is 5.32 Å². The van der Waals surface area contributed by atoms with Gasteiger partial charge in [-0.2, -0.15) is 0 Å². The zero-order valence-electron chi connectivity index (χ0n) is 17.4. The number of pyridine rings is 1. The maximum Gasteiger partial charge on any atom is 0.0571 e. The fraction of sp³-hybridized carbons (Fsp3) is 0. The van der Waals surface area contributed by atoms with Crippen molar-refractivity contribution in [1.82, 2.24) is 9.55 Å². The second kappa shape index (κ2) is 7.71. The summed E-state index contributed by atoms with van der Waals surface area (Å²) in [6.45, 7) is 0. The number of rotatable bonds is 4. The third kappa shape index (κ3) is 3.21. The lowest BCUT2D eigenvalue weighted by atomic mass is 10.0. The molecular formula is C29H21N3. The summed E-state index contributed by atoms with van der Waals surface area (Å²) in [5.41, 5.74) is 8.05. The molecule has 0 saturated carbocycles. The Labute approximate surface area is 186 Å². The minimum atomic E-state index is 1.07.